The summed E-state index contributed by atoms with van der Waals surface area (Å²) in [6.07, 6.45) is 1.18. The van der Waals surface area contributed by atoms with Crippen LogP contribution < -0.4 is 5.32 Å². The van der Waals surface area contributed by atoms with E-state index in [-0.39, 0.29) is 0 Å². The Morgan fingerprint density at radius 3 is 2.42 bits per heavy atom. The molecule has 0 amide bonds. The topological polar surface area (TPSA) is 15.3 Å². The summed E-state index contributed by atoms with van der Waals surface area (Å²) in [5.74, 6) is 0.707. The third-order valence-electron chi connectivity index (χ3n) is 4.32. The first-order chi connectivity index (χ1) is 9.08. The van der Waals surface area contributed by atoms with E-state index in [2.05, 4.69) is 56.1 Å². The summed E-state index contributed by atoms with van der Waals surface area (Å²) in [7, 11) is 0. The number of piperazine rings is 1. The molecule has 0 spiro atoms. The van der Waals surface area contributed by atoms with Crippen LogP contribution in [0.25, 0.3) is 0 Å². The Morgan fingerprint density at radius 1 is 1.16 bits per heavy atom. The van der Waals surface area contributed by atoms with E-state index in [0.29, 0.717) is 12.0 Å². The number of nitrogens with one attached hydrogen (secondary N) is 1. The van der Waals surface area contributed by atoms with Crippen molar-refractivity contribution < 1.29 is 0 Å². The Labute approximate surface area is 118 Å². The summed E-state index contributed by atoms with van der Waals surface area (Å²) in [5, 5.41) is 3.45. The third kappa shape index (κ3) is 3.80. The maximum atomic E-state index is 3.45. The van der Waals surface area contributed by atoms with E-state index in [1.165, 1.54) is 36.2 Å². The van der Waals surface area contributed by atoms with E-state index in [4.69, 9.17) is 0 Å². The second-order valence-electron chi connectivity index (χ2n) is 6.23. The summed E-state index contributed by atoms with van der Waals surface area (Å²) in [5.41, 5.74) is 4.33. The maximum Gasteiger partial charge on any atom is 0.0160 e. The summed E-state index contributed by atoms with van der Waals surface area (Å²) in [6.45, 7) is 13.8. The van der Waals surface area contributed by atoms with Crippen LogP contribution >= 0.6 is 0 Å². The van der Waals surface area contributed by atoms with Gasteiger partial charge < -0.3 is 5.32 Å². The Kier molecular flexibility index (Phi) is 5.00. The summed E-state index contributed by atoms with van der Waals surface area (Å²) in [4.78, 5) is 2.67. The van der Waals surface area contributed by atoms with E-state index < -0.39 is 0 Å². The molecule has 1 unspecified atom stereocenters. The quantitative estimate of drug-likeness (QED) is 0.895. The van der Waals surface area contributed by atoms with Gasteiger partial charge in [0.05, 0.1) is 0 Å². The van der Waals surface area contributed by atoms with Gasteiger partial charge in [-0.2, -0.15) is 0 Å². The standard InChI is InChI=1S/C17H28N2/c1-13(2)17(19-9-7-18-8-10-19)12-16-6-5-14(3)11-15(16)4/h5-6,11,13,17-18H,7-10,12H2,1-4H3. The molecule has 2 rings (SSSR count). The second kappa shape index (κ2) is 6.53. The van der Waals surface area contributed by atoms with E-state index in [1.54, 1.807) is 0 Å². The normalized spacial score (nSPS) is 18.8. The lowest BCUT2D eigenvalue weighted by atomic mass is 9.91. The van der Waals surface area contributed by atoms with Gasteiger partial charge in [-0.3, -0.25) is 4.90 Å². The van der Waals surface area contributed by atoms with Crippen molar-refractivity contribution in [3.63, 3.8) is 0 Å². The average Bonchev–Trinajstić information content (AvgIpc) is 2.38. The molecule has 2 nitrogen and oxygen atoms in total. The molecule has 0 aromatic heterocycles. The largest absolute Gasteiger partial charge is 0.314 e. The van der Waals surface area contributed by atoms with Crippen molar-refractivity contribution in [3.05, 3.63) is 34.9 Å². The first-order valence-electron chi connectivity index (χ1n) is 7.59. The van der Waals surface area contributed by atoms with Crippen LogP contribution in [0.5, 0.6) is 0 Å². The van der Waals surface area contributed by atoms with Crippen molar-refractivity contribution in [3.8, 4) is 0 Å². The molecule has 1 heterocycles. The number of nitrogens with zero attached hydrogens (tertiary/aromatic N) is 1. The number of hydrogen-bond donors (Lipinski definition) is 1. The van der Waals surface area contributed by atoms with Crippen LogP contribution in [0.3, 0.4) is 0 Å². The molecule has 19 heavy (non-hydrogen) atoms. The predicted octanol–water partition coefficient (Wildman–Crippen LogP) is 2.78. The molecule has 106 valence electrons. The lowest BCUT2D eigenvalue weighted by molar-refractivity contribution is 0.136. The van der Waals surface area contributed by atoms with E-state index in [9.17, 15) is 0 Å². The van der Waals surface area contributed by atoms with Crippen LogP contribution in [-0.4, -0.2) is 37.1 Å². The summed E-state index contributed by atoms with van der Waals surface area (Å²) >= 11 is 0. The van der Waals surface area contributed by atoms with Gasteiger partial charge in [0, 0.05) is 32.2 Å². The Bertz CT molecular complexity index is 406. The Morgan fingerprint density at radius 2 is 1.84 bits per heavy atom. The fourth-order valence-corrected chi connectivity index (χ4v) is 3.10. The van der Waals surface area contributed by atoms with Gasteiger partial charge in [-0.15, -0.1) is 0 Å². The minimum atomic E-state index is 0.670. The van der Waals surface area contributed by atoms with Crippen LogP contribution in [-0.2, 0) is 6.42 Å². The van der Waals surface area contributed by atoms with Crippen molar-refractivity contribution >= 4 is 0 Å². The molecule has 0 bridgehead atoms. The minimum Gasteiger partial charge on any atom is -0.314 e. The monoisotopic (exact) mass is 260 g/mol. The molecule has 1 fully saturated rings. The third-order valence-corrected chi connectivity index (χ3v) is 4.32. The van der Waals surface area contributed by atoms with Gasteiger partial charge >= 0.3 is 0 Å². The molecular weight excluding hydrogens is 232 g/mol. The maximum absolute atomic E-state index is 3.45. The highest BCUT2D eigenvalue weighted by atomic mass is 15.2. The van der Waals surface area contributed by atoms with Gasteiger partial charge in [-0.1, -0.05) is 37.6 Å². The fraction of sp³-hybridized carbons (Fsp3) is 0.647. The van der Waals surface area contributed by atoms with Gasteiger partial charge in [0.1, 0.15) is 0 Å². The molecule has 1 aromatic rings. The highest BCUT2D eigenvalue weighted by Crippen LogP contribution is 2.20. The Hall–Kier alpha value is -0.860. The lowest BCUT2D eigenvalue weighted by Crippen LogP contribution is -2.51. The molecular formula is C17H28N2. The van der Waals surface area contributed by atoms with E-state index >= 15 is 0 Å². The van der Waals surface area contributed by atoms with Crippen LogP contribution in [0.2, 0.25) is 0 Å². The van der Waals surface area contributed by atoms with Crippen LogP contribution in [0, 0.1) is 19.8 Å². The van der Waals surface area contributed by atoms with E-state index in [1.807, 2.05) is 0 Å². The molecule has 2 heteroatoms. The number of rotatable bonds is 4. The molecule has 1 aliphatic rings. The molecule has 1 N–H and O–H groups in total. The van der Waals surface area contributed by atoms with Gasteiger partial charge in [0.2, 0.25) is 0 Å². The summed E-state index contributed by atoms with van der Waals surface area (Å²) in [6, 6.07) is 7.55. The van der Waals surface area contributed by atoms with Gasteiger partial charge in [0.15, 0.2) is 0 Å². The zero-order valence-electron chi connectivity index (χ0n) is 12.9. The predicted molar refractivity (Wildman–Crippen MR) is 82.7 cm³/mol. The number of hydrogen-bond acceptors (Lipinski definition) is 2. The highest BCUT2D eigenvalue weighted by molar-refractivity contribution is 5.31. The van der Waals surface area contributed by atoms with Gasteiger partial charge in [-0.25, -0.2) is 0 Å². The molecule has 1 saturated heterocycles. The summed E-state index contributed by atoms with van der Waals surface area (Å²) < 4.78 is 0. The van der Waals surface area contributed by atoms with E-state index in [0.717, 1.165) is 13.1 Å². The molecule has 1 atom stereocenters. The van der Waals surface area contributed by atoms with Crippen LogP contribution in [0.1, 0.15) is 30.5 Å². The first kappa shape index (κ1) is 14.5. The fourth-order valence-electron chi connectivity index (χ4n) is 3.10. The smallest absolute Gasteiger partial charge is 0.0160 e. The lowest BCUT2D eigenvalue weighted by Gasteiger charge is -2.37. The zero-order chi connectivity index (χ0) is 13.8. The molecule has 0 aliphatic carbocycles. The van der Waals surface area contributed by atoms with Crippen molar-refractivity contribution in [2.24, 2.45) is 5.92 Å². The van der Waals surface area contributed by atoms with Crippen LogP contribution in [0.4, 0.5) is 0 Å². The second-order valence-corrected chi connectivity index (χ2v) is 6.23. The molecule has 0 saturated carbocycles. The molecule has 1 aromatic carbocycles. The first-order valence-corrected chi connectivity index (χ1v) is 7.59. The van der Waals surface area contributed by atoms with Crippen LogP contribution in [0.15, 0.2) is 18.2 Å². The van der Waals surface area contributed by atoms with Crippen molar-refractivity contribution in [2.75, 3.05) is 26.2 Å². The average molecular weight is 260 g/mol. The Balaban J connectivity index is 2.11. The molecule has 1 aliphatic heterocycles. The SMILES string of the molecule is Cc1ccc(CC(C(C)C)N2CCNCC2)c(C)c1. The van der Waals surface area contributed by atoms with Gasteiger partial charge in [-0.05, 0) is 37.3 Å². The van der Waals surface area contributed by atoms with Crippen molar-refractivity contribution in [2.45, 2.75) is 40.2 Å². The zero-order valence-corrected chi connectivity index (χ0v) is 12.9. The van der Waals surface area contributed by atoms with Gasteiger partial charge in [0.25, 0.3) is 0 Å². The molecule has 0 radical (unpaired) electrons. The highest BCUT2D eigenvalue weighted by Gasteiger charge is 2.23. The minimum absolute atomic E-state index is 0.670. The van der Waals surface area contributed by atoms with Crippen molar-refractivity contribution in [1.29, 1.82) is 0 Å². The number of benzene rings is 1. The van der Waals surface area contributed by atoms with Crippen molar-refractivity contribution in [1.82, 2.24) is 10.2 Å². The number of aryl methyl sites for hydroxylation is 2.